The van der Waals surface area contributed by atoms with E-state index in [0.717, 1.165) is 32.4 Å². The second-order valence-corrected chi connectivity index (χ2v) is 9.77. The first-order chi connectivity index (χ1) is 12.1. The van der Waals surface area contributed by atoms with Crippen molar-refractivity contribution in [2.45, 2.75) is 63.8 Å². The molecule has 6 nitrogen and oxygen atoms in total. The van der Waals surface area contributed by atoms with Crippen LogP contribution < -0.4 is 15.4 Å². The third-order valence-electron chi connectivity index (χ3n) is 4.44. The molecular weight excluding hydrogens is 386 g/mol. The molecule has 0 saturated carbocycles. The van der Waals surface area contributed by atoms with Crippen molar-refractivity contribution in [2.24, 2.45) is 5.92 Å². The van der Waals surface area contributed by atoms with E-state index in [1.807, 2.05) is 0 Å². The molecule has 0 aromatic heterocycles. The summed E-state index contributed by atoms with van der Waals surface area (Å²) < 4.78 is 27.9. The van der Waals surface area contributed by atoms with E-state index in [1.54, 1.807) is 39.8 Å². The summed E-state index contributed by atoms with van der Waals surface area (Å²) in [7, 11) is -3.64. The SMILES string of the molecule is Cc1ccc(NC(=O)CCC2CCNCC2)cc1S(=O)(=O)NC(C)(C)C.Cl. The minimum absolute atomic E-state index is 0. The Bertz CT molecular complexity index is 739. The zero-order valence-electron chi connectivity index (χ0n) is 16.6. The van der Waals surface area contributed by atoms with Crippen LogP contribution in [0.5, 0.6) is 0 Å². The molecule has 27 heavy (non-hydrogen) atoms. The molecule has 1 heterocycles. The van der Waals surface area contributed by atoms with Gasteiger partial charge >= 0.3 is 0 Å². The molecule has 1 saturated heterocycles. The highest BCUT2D eigenvalue weighted by Gasteiger charge is 2.24. The van der Waals surface area contributed by atoms with E-state index in [1.165, 1.54) is 6.07 Å². The third-order valence-corrected chi connectivity index (χ3v) is 6.34. The van der Waals surface area contributed by atoms with E-state index >= 15 is 0 Å². The van der Waals surface area contributed by atoms with E-state index in [-0.39, 0.29) is 23.2 Å². The van der Waals surface area contributed by atoms with Crippen LogP contribution in [-0.2, 0) is 14.8 Å². The fourth-order valence-corrected chi connectivity index (χ4v) is 4.84. The summed E-state index contributed by atoms with van der Waals surface area (Å²) in [6, 6.07) is 5.00. The Morgan fingerprint density at radius 2 is 1.85 bits per heavy atom. The molecule has 0 radical (unpaired) electrons. The Morgan fingerprint density at radius 3 is 2.44 bits per heavy atom. The predicted octanol–water partition coefficient (Wildman–Crippen LogP) is 3.21. The quantitative estimate of drug-likeness (QED) is 0.663. The van der Waals surface area contributed by atoms with Crippen LogP contribution in [0.3, 0.4) is 0 Å². The molecule has 2 rings (SSSR count). The Kier molecular flexibility index (Phi) is 8.73. The van der Waals surface area contributed by atoms with Gasteiger partial charge in [-0.1, -0.05) is 6.07 Å². The number of carbonyl (C=O) groups is 1. The number of nitrogens with one attached hydrogen (secondary N) is 3. The largest absolute Gasteiger partial charge is 0.326 e. The molecule has 1 aliphatic rings. The van der Waals surface area contributed by atoms with Crippen LogP contribution in [0, 0.1) is 12.8 Å². The summed E-state index contributed by atoms with van der Waals surface area (Å²) >= 11 is 0. The molecule has 1 aliphatic heterocycles. The molecule has 1 fully saturated rings. The van der Waals surface area contributed by atoms with Gasteiger partial charge in [0.2, 0.25) is 15.9 Å². The number of rotatable bonds is 6. The first-order valence-electron chi connectivity index (χ1n) is 9.22. The predicted molar refractivity (Wildman–Crippen MR) is 112 cm³/mol. The van der Waals surface area contributed by atoms with Crippen molar-refractivity contribution in [1.29, 1.82) is 0 Å². The van der Waals surface area contributed by atoms with Crippen LogP contribution >= 0.6 is 12.4 Å². The fraction of sp³-hybridized carbons (Fsp3) is 0.632. The van der Waals surface area contributed by atoms with Gasteiger partial charge in [-0.2, -0.15) is 0 Å². The number of aryl methyl sites for hydroxylation is 1. The highest BCUT2D eigenvalue weighted by Crippen LogP contribution is 2.23. The van der Waals surface area contributed by atoms with Gasteiger partial charge in [-0.25, -0.2) is 13.1 Å². The topological polar surface area (TPSA) is 87.3 Å². The van der Waals surface area contributed by atoms with Crippen molar-refractivity contribution < 1.29 is 13.2 Å². The highest BCUT2D eigenvalue weighted by molar-refractivity contribution is 7.89. The summed E-state index contributed by atoms with van der Waals surface area (Å²) in [4.78, 5) is 12.4. The van der Waals surface area contributed by atoms with Gasteiger partial charge in [-0.15, -0.1) is 12.4 Å². The monoisotopic (exact) mass is 417 g/mol. The zero-order chi connectivity index (χ0) is 19.4. The summed E-state index contributed by atoms with van der Waals surface area (Å²) in [5, 5.41) is 6.16. The normalized spacial score (nSPS) is 15.9. The maximum atomic E-state index is 12.6. The lowest BCUT2D eigenvalue weighted by Crippen LogP contribution is -2.40. The van der Waals surface area contributed by atoms with Gasteiger partial charge in [0.15, 0.2) is 0 Å². The minimum Gasteiger partial charge on any atom is -0.326 e. The van der Waals surface area contributed by atoms with Crippen molar-refractivity contribution in [3.63, 3.8) is 0 Å². The lowest BCUT2D eigenvalue weighted by molar-refractivity contribution is -0.116. The molecule has 0 aliphatic carbocycles. The van der Waals surface area contributed by atoms with Crippen molar-refractivity contribution in [2.75, 3.05) is 18.4 Å². The summed E-state index contributed by atoms with van der Waals surface area (Å²) in [5.74, 6) is 0.520. The van der Waals surface area contributed by atoms with Crippen LogP contribution in [-0.4, -0.2) is 33.0 Å². The van der Waals surface area contributed by atoms with Crippen LogP contribution in [0.15, 0.2) is 23.1 Å². The number of benzene rings is 1. The number of piperidine rings is 1. The third kappa shape index (κ3) is 7.78. The summed E-state index contributed by atoms with van der Waals surface area (Å²) in [6.07, 6.45) is 3.55. The summed E-state index contributed by atoms with van der Waals surface area (Å²) in [6.45, 7) is 9.18. The number of carbonyl (C=O) groups excluding carboxylic acids is 1. The van der Waals surface area contributed by atoms with E-state index in [2.05, 4.69) is 15.4 Å². The maximum absolute atomic E-state index is 12.6. The average molecular weight is 418 g/mol. The average Bonchev–Trinajstić information content (AvgIpc) is 2.53. The minimum atomic E-state index is -3.64. The van der Waals surface area contributed by atoms with Crippen molar-refractivity contribution in [1.82, 2.24) is 10.0 Å². The molecule has 1 aromatic rings. The van der Waals surface area contributed by atoms with E-state index in [4.69, 9.17) is 0 Å². The standard InChI is InChI=1S/C19H31N3O3S.ClH/c1-14-5-7-16(13-17(14)26(24,25)22-19(2,3)4)21-18(23)8-6-15-9-11-20-12-10-15;/h5,7,13,15,20,22H,6,8-12H2,1-4H3,(H,21,23);1H. The van der Waals surface area contributed by atoms with Gasteiger partial charge in [0.1, 0.15) is 0 Å². The Hall–Kier alpha value is -1.15. The lowest BCUT2D eigenvalue weighted by atomic mass is 9.93. The van der Waals surface area contributed by atoms with Crippen molar-refractivity contribution in [3.8, 4) is 0 Å². The van der Waals surface area contributed by atoms with Crippen LogP contribution in [0.25, 0.3) is 0 Å². The molecule has 0 atom stereocenters. The van der Waals surface area contributed by atoms with Gasteiger partial charge < -0.3 is 10.6 Å². The van der Waals surface area contributed by atoms with Gasteiger partial charge in [0.05, 0.1) is 4.90 Å². The molecule has 1 amide bonds. The smallest absolute Gasteiger partial charge is 0.241 e. The van der Waals surface area contributed by atoms with E-state index in [0.29, 0.717) is 23.6 Å². The maximum Gasteiger partial charge on any atom is 0.241 e. The molecule has 0 bridgehead atoms. The second kappa shape index (κ2) is 9.87. The Balaban J connectivity index is 0.00000364. The Labute approximate surface area is 169 Å². The molecule has 0 unspecified atom stereocenters. The molecule has 1 aromatic carbocycles. The number of hydrogen-bond donors (Lipinski definition) is 3. The molecular formula is C19H32ClN3O3S. The van der Waals surface area contributed by atoms with Crippen LogP contribution in [0.4, 0.5) is 5.69 Å². The zero-order valence-corrected chi connectivity index (χ0v) is 18.2. The summed E-state index contributed by atoms with van der Waals surface area (Å²) in [5.41, 5.74) is 0.592. The second-order valence-electron chi connectivity index (χ2n) is 8.12. The highest BCUT2D eigenvalue weighted by atomic mass is 35.5. The molecule has 154 valence electrons. The van der Waals surface area contributed by atoms with Crippen LogP contribution in [0.1, 0.15) is 52.0 Å². The fourth-order valence-electron chi connectivity index (χ4n) is 3.15. The lowest BCUT2D eigenvalue weighted by Gasteiger charge is -2.22. The van der Waals surface area contributed by atoms with Crippen molar-refractivity contribution in [3.05, 3.63) is 23.8 Å². The van der Waals surface area contributed by atoms with Gasteiger partial charge in [-0.3, -0.25) is 4.79 Å². The van der Waals surface area contributed by atoms with Crippen molar-refractivity contribution >= 4 is 34.0 Å². The number of halogens is 1. The number of amides is 1. The molecule has 8 heteroatoms. The number of hydrogen-bond acceptors (Lipinski definition) is 4. The van der Waals surface area contributed by atoms with Gasteiger partial charge in [0.25, 0.3) is 0 Å². The van der Waals surface area contributed by atoms with Crippen LogP contribution in [0.2, 0.25) is 0 Å². The van der Waals surface area contributed by atoms with Gasteiger partial charge in [0, 0.05) is 17.6 Å². The van der Waals surface area contributed by atoms with E-state index < -0.39 is 15.6 Å². The first-order valence-corrected chi connectivity index (χ1v) is 10.7. The molecule has 0 spiro atoms. The number of sulfonamides is 1. The Morgan fingerprint density at radius 1 is 1.22 bits per heavy atom. The van der Waals surface area contributed by atoms with E-state index in [9.17, 15) is 13.2 Å². The molecule has 3 N–H and O–H groups in total. The first kappa shape index (κ1) is 23.9. The van der Waals surface area contributed by atoms with Gasteiger partial charge in [-0.05, 0) is 83.7 Å². The number of anilines is 1.